The molecule has 2 saturated heterocycles. The topological polar surface area (TPSA) is 20.3 Å². The summed E-state index contributed by atoms with van der Waals surface area (Å²) in [5, 5.41) is 0. The van der Waals surface area contributed by atoms with Crippen molar-refractivity contribution in [1.29, 1.82) is 0 Å². The Hall–Kier alpha value is -1.31. The highest BCUT2D eigenvalue weighted by molar-refractivity contribution is 5.90. The lowest BCUT2D eigenvalue weighted by atomic mass is 9.52. The van der Waals surface area contributed by atoms with E-state index in [-0.39, 0.29) is 5.41 Å². The number of hydrogen-bond donors (Lipinski definition) is 0. The molecule has 2 heteroatoms. The molecule has 2 nitrogen and oxygen atoms in total. The number of rotatable bonds is 2. The summed E-state index contributed by atoms with van der Waals surface area (Å²) in [5.74, 6) is 4.09. The first-order valence-corrected chi connectivity index (χ1v) is 10.6. The summed E-state index contributed by atoms with van der Waals surface area (Å²) in [6.07, 6.45) is 11.7. The van der Waals surface area contributed by atoms with Crippen LogP contribution >= 0.6 is 0 Å². The van der Waals surface area contributed by atoms with E-state index in [2.05, 4.69) is 35.2 Å². The van der Waals surface area contributed by atoms with E-state index < -0.39 is 0 Å². The monoisotopic (exact) mass is 335 g/mol. The van der Waals surface area contributed by atoms with Gasteiger partial charge in [0.25, 0.3) is 0 Å². The average molecular weight is 335 g/mol. The maximum atomic E-state index is 13.9. The van der Waals surface area contributed by atoms with Gasteiger partial charge >= 0.3 is 0 Å². The molecule has 8 rings (SSSR count). The van der Waals surface area contributed by atoms with Crippen molar-refractivity contribution in [2.45, 2.75) is 75.3 Å². The maximum absolute atomic E-state index is 13.9. The van der Waals surface area contributed by atoms with Crippen LogP contribution in [0.15, 0.2) is 30.3 Å². The van der Waals surface area contributed by atoms with Crippen molar-refractivity contribution in [2.75, 3.05) is 0 Å². The Labute approximate surface area is 151 Å². The molecule has 2 aliphatic heterocycles. The molecule has 25 heavy (non-hydrogen) atoms. The number of nitrogens with zero attached hydrogens (tertiary/aromatic N) is 1. The van der Waals surface area contributed by atoms with Crippen LogP contribution in [0.25, 0.3) is 0 Å². The van der Waals surface area contributed by atoms with Crippen molar-refractivity contribution in [3.05, 3.63) is 35.9 Å². The Morgan fingerprint density at radius 3 is 2.04 bits per heavy atom. The minimum Gasteiger partial charge on any atom is -0.335 e. The highest BCUT2D eigenvalue weighted by Crippen LogP contribution is 2.58. The zero-order valence-electron chi connectivity index (χ0n) is 15.1. The van der Waals surface area contributed by atoms with Crippen molar-refractivity contribution in [2.24, 2.45) is 23.7 Å². The molecule has 132 valence electrons. The molecule has 1 amide bonds. The van der Waals surface area contributed by atoms with Crippen molar-refractivity contribution in [1.82, 2.24) is 4.90 Å². The van der Waals surface area contributed by atoms with E-state index in [1.54, 1.807) is 0 Å². The Balaban J connectivity index is 1.38. The van der Waals surface area contributed by atoms with Crippen molar-refractivity contribution in [3.8, 4) is 0 Å². The van der Waals surface area contributed by atoms with Crippen LogP contribution in [0.3, 0.4) is 0 Å². The fourth-order valence-electron chi connectivity index (χ4n) is 7.90. The molecule has 0 spiro atoms. The van der Waals surface area contributed by atoms with Gasteiger partial charge in [-0.1, -0.05) is 30.3 Å². The summed E-state index contributed by atoms with van der Waals surface area (Å²) >= 11 is 0. The Bertz CT molecular complexity index is 659. The Kier molecular flexibility index (Phi) is 3.03. The fourth-order valence-corrected chi connectivity index (χ4v) is 7.90. The smallest absolute Gasteiger partial charge is 0.233 e. The normalized spacial score (nSPS) is 47.5. The van der Waals surface area contributed by atoms with Gasteiger partial charge in [0.1, 0.15) is 0 Å². The number of fused-ring (bicyclic) bond motifs is 4. The lowest BCUT2D eigenvalue weighted by Gasteiger charge is -2.62. The molecule has 0 radical (unpaired) electrons. The zero-order valence-corrected chi connectivity index (χ0v) is 15.1. The fraction of sp³-hybridized carbons (Fsp3) is 0.696. The summed E-state index contributed by atoms with van der Waals surface area (Å²) in [5.41, 5.74) is 1.08. The van der Waals surface area contributed by atoms with Crippen LogP contribution in [-0.2, 0) is 10.2 Å². The number of carbonyl (C=O) groups excluding carboxylic acids is 1. The van der Waals surface area contributed by atoms with E-state index in [0.717, 1.165) is 36.5 Å². The van der Waals surface area contributed by atoms with Gasteiger partial charge in [0.2, 0.25) is 5.91 Å². The number of hydrogen-bond acceptors (Lipinski definition) is 1. The van der Waals surface area contributed by atoms with E-state index in [9.17, 15) is 4.79 Å². The summed E-state index contributed by atoms with van der Waals surface area (Å²) in [6, 6.07) is 11.8. The SMILES string of the molecule is O=C1N(C2C3CC4CC(C3)CC2C4)C2CCC1(c1ccccc1)CC2. The molecule has 0 N–H and O–H groups in total. The number of carbonyl (C=O) groups is 1. The molecule has 5 aliphatic carbocycles. The average Bonchev–Trinajstić information content (AvgIpc) is 2.64. The van der Waals surface area contributed by atoms with Crippen LogP contribution in [0.5, 0.6) is 0 Å². The molecule has 1 aromatic carbocycles. The van der Waals surface area contributed by atoms with Crippen molar-refractivity contribution in [3.63, 3.8) is 0 Å². The van der Waals surface area contributed by atoms with Crippen LogP contribution < -0.4 is 0 Å². The van der Waals surface area contributed by atoms with E-state index >= 15 is 0 Å². The van der Waals surface area contributed by atoms with Gasteiger partial charge in [-0.3, -0.25) is 4.79 Å². The van der Waals surface area contributed by atoms with Crippen LogP contribution in [0, 0.1) is 23.7 Å². The minimum absolute atomic E-state index is 0.204. The van der Waals surface area contributed by atoms with E-state index in [1.807, 2.05) is 0 Å². The van der Waals surface area contributed by atoms with E-state index in [4.69, 9.17) is 0 Å². The standard InChI is InChI=1S/C23H29NO/c25-22-23(19-4-2-1-3-5-19)8-6-20(7-9-23)24(22)21-17-11-15-10-16(13-17)14-18(21)12-15/h1-5,15-18,20-21H,6-14H2. The van der Waals surface area contributed by atoms with E-state index in [1.165, 1.54) is 50.5 Å². The third-order valence-corrected chi connectivity index (χ3v) is 8.67. The van der Waals surface area contributed by atoms with Crippen LogP contribution in [-0.4, -0.2) is 22.9 Å². The van der Waals surface area contributed by atoms with Crippen molar-refractivity contribution >= 4 is 5.91 Å². The first kappa shape index (κ1) is 14.8. The zero-order chi connectivity index (χ0) is 16.6. The number of piperidine rings is 2. The van der Waals surface area contributed by atoms with Crippen molar-refractivity contribution < 1.29 is 4.79 Å². The molecule has 0 aromatic heterocycles. The van der Waals surface area contributed by atoms with Gasteiger partial charge in [-0.15, -0.1) is 0 Å². The first-order chi connectivity index (χ1) is 12.2. The molecule has 5 saturated carbocycles. The summed E-state index contributed by atoms with van der Waals surface area (Å²) in [4.78, 5) is 16.3. The number of amides is 1. The summed E-state index contributed by atoms with van der Waals surface area (Å²) in [7, 11) is 0. The Morgan fingerprint density at radius 1 is 0.840 bits per heavy atom. The molecule has 1 aromatic rings. The molecular weight excluding hydrogens is 306 g/mol. The summed E-state index contributed by atoms with van der Waals surface area (Å²) < 4.78 is 0. The maximum Gasteiger partial charge on any atom is 0.233 e. The van der Waals surface area contributed by atoms with Gasteiger partial charge in [-0.05, 0) is 87.0 Å². The second kappa shape index (κ2) is 5.11. The van der Waals surface area contributed by atoms with Gasteiger partial charge in [0.05, 0.1) is 5.41 Å². The predicted octanol–water partition coefficient (Wildman–Crippen LogP) is 4.53. The highest BCUT2D eigenvalue weighted by atomic mass is 16.2. The predicted molar refractivity (Wildman–Crippen MR) is 98.1 cm³/mol. The van der Waals surface area contributed by atoms with Gasteiger partial charge in [0.15, 0.2) is 0 Å². The molecular formula is C23H29NO. The molecule has 7 fully saturated rings. The molecule has 6 bridgehead atoms. The quantitative estimate of drug-likeness (QED) is 0.777. The largest absolute Gasteiger partial charge is 0.335 e. The highest BCUT2D eigenvalue weighted by Gasteiger charge is 2.59. The second-order valence-electron chi connectivity index (χ2n) is 9.81. The Morgan fingerprint density at radius 2 is 1.44 bits per heavy atom. The van der Waals surface area contributed by atoms with Crippen LogP contribution in [0.4, 0.5) is 0 Å². The van der Waals surface area contributed by atoms with Crippen LogP contribution in [0.2, 0.25) is 0 Å². The van der Waals surface area contributed by atoms with Crippen LogP contribution in [0.1, 0.15) is 63.4 Å². The third-order valence-electron chi connectivity index (χ3n) is 8.67. The number of benzene rings is 1. The minimum atomic E-state index is -0.204. The third kappa shape index (κ3) is 1.94. The molecule has 7 aliphatic rings. The van der Waals surface area contributed by atoms with Gasteiger partial charge < -0.3 is 4.90 Å². The summed E-state index contributed by atoms with van der Waals surface area (Å²) in [6.45, 7) is 0. The lowest BCUT2D eigenvalue weighted by Crippen LogP contribution is -2.68. The lowest BCUT2D eigenvalue weighted by molar-refractivity contribution is -0.168. The molecule has 0 unspecified atom stereocenters. The van der Waals surface area contributed by atoms with E-state index in [0.29, 0.717) is 18.0 Å². The van der Waals surface area contributed by atoms with Gasteiger partial charge in [0, 0.05) is 12.1 Å². The second-order valence-corrected chi connectivity index (χ2v) is 9.81. The first-order valence-electron chi connectivity index (χ1n) is 10.6. The molecule has 2 heterocycles. The van der Waals surface area contributed by atoms with Gasteiger partial charge in [-0.25, -0.2) is 0 Å². The molecule has 0 atom stereocenters. The van der Waals surface area contributed by atoms with Gasteiger partial charge in [-0.2, -0.15) is 0 Å².